The van der Waals surface area contributed by atoms with Gasteiger partial charge in [0, 0.05) is 18.4 Å². The zero-order chi connectivity index (χ0) is 24.8. The number of nitrogens with one attached hydrogen (secondary N) is 2. The molecule has 0 aromatic heterocycles. The Hall–Kier alpha value is -3.61. The van der Waals surface area contributed by atoms with Crippen molar-refractivity contribution in [3.05, 3.63) is 72.3 Å². The predicted octanol–water partition coefficient (Wildman–Crippen LogP) is 4.48. The molecule has 7 heteroatoms. The molecule has 184 valence electrons. The third kappa shape index (κ3) is 5.56. The maximum absolute atomic E-state index is 12.8. The monoisotopic (exact) mass is 476 g/mol. The minimum atomic E-state index is -1.05. The lowest BCUT2D eigenvalue weighted by atomic mass is 9.94. The van der Waals surface area contributed by atoms with Gasteiger partial charge >= 0.3 is 12.1 Å². The van der Waals surface area contributed by atoms with Gasteiger partial charge in [0.25, 0.3) is 0 Å². The molecule has 3 atom stereocenters. The summed E-state index contributed by atoms with van der Waals surface area (Å²) in [5, 5.41) is 14.9. The Balaban J connectivity index is 1.30. The van der Waals surface area contributed by atoms with E-state index in [-0.39, 0.29) is 30.3 Å². The number of allylic oxidation sites excluding steroid dienone is 1. The lowest BCUT2D eigenvalue weighted by Crippen LogP contribution is -2.45. The summed E-state index contributed by atoms with van der Waals surface area (Å²) in [5.41, 5.74) is 4.64. The molecule has 1 unspecified atom stereocenters. The van der Waals surface area contributed by atoms with Crippen LogP contribution in [0.25, 0.3) is 11.1 Å². The number of alkyl carbamates (subject to hydrolysis) is 1. The fraction of sp³-hybridized carbons (Fsp3) is 0.393. The molecule has 1 saturated carbocycles. The molecule has 2 aliphatic rings. The first-order valence-electron chi connectivity index (χ1n) is 12.2. The largest absolute Gasteiger partial charge is 0.480 e. The standard InChI is InChI=1S/C28H32N2O5/c1-2-3-15-25(27(32)33)30-26(31)19-14-8-9-18(19)16-29-28(34)35-17-24-22-12-6-4-10-20(22)21-11-5-7-13-23(21)24/h2,4-7,10-13,18-19,24-25H,1,3,8-9,14-17H2,(H,29,34)(H,30,31)(H,32,33)/t18-,19-,25?/m0/s1. The molecule has 7 nitrogen and oxygen atoms in total. The molecule has 1 fully saturated rings. The number of rotatable bonds is 10. The van der Waals surface area contributed by atoms with Crippen molar-refractivity contribution in [1.29, 1.82) is 0 Å². The van der Waals surface area contributed by atoms with Gasteiger partial charge in [-0.05, 0) is 53.9 Å². The Bertz CT molecular complexity index is 1050. The van der Waals surface area contributed by atoms with E-state index in [2.05, 4.69) is 41.5 Å². The number of fused-ring (bicyclic) bond motifs is 3. The first-order valence-corrected chi connectivity index (χ1v) is 12.2. The molecule has 2 aromatic carbocycles. The van der Waals surface area contributed by atoms with Crippen LogP contribution in [-0.4, -0.2) is 42.3 Å². The average molecular weight is 477 g/mol. The molecule has 0 bridgehead atoms. The van der Waals surface area contributed by atoms with Gasteiger partial charge in [0.05, 0.1) is 0 Å². The van der Waals surface area contributed by atoms with Crippen LogP contribution >= 0.6 is 0 Å². The minimum absolute atomic E-state index is 0.0123. The number of hydrogen-bond acceptors (Lipinski definition) is 4. The highest BCUT2D eigenvalue weighted by Gasteiger charge is 2.35. The van der Waals surface area contributed by atoms with E-state index in [9.17, 15) is 19.5 Å². The second-order valence-electron chi connectivity index (χ2n) is 9.27. The summed E-state index contributed by atoms with van der Waals surface area (Å²) >= 11 is 0. The Morgan fingerprint density at radius 2 is 1.71 bits per heavy atom. The van der Waals surface area contributed by atoms with Crippen LogP contribution in [0.4, 0.5) is 4.79 Å². The highest BCUT2D eigenvalue weighted by molar-refractivity contribution is 5.85. The molecule has 0 saturated heterocycles. The smallest absolute Gasteiger partial charge is 0.407 e. The van der Waals surface area contributed by atoms with E-state index < -0.39 is 18.1 Å². The van der Waals surface area contributed by atoms with Gasteiger partial charge in [-0.25, -0.2) is 9.59 Å². The normalized spacial score (nSPS) is 19.3. The number of carbonyl (C=O) groups excluding carboxylic acids is 2. The van der Waals surface area contributed by atoms with Gasteiger partial charge in [-0.15, -0.1) is 6.58 Å². The number of carboxylic acid groups (broad SMARTS) is 1. The molecule has 4 rings (SSSR count). The van der Waals surface area contributed by atoms with E-state index in [1.54, 1.807) is 6.08 Å². The molecule has 0 radical (unpaired) electrons. The molecule has 2 amide bonds. The van der Waals surface area contributed by atoms with E-state index >= 15 is 0 Å². The number of carboxylic acids is 1. The number of benzene rings is 2. The summed E-state index contributed by atoms with van der Waals surface area (Å²) in [5.74, 6) is -1.70. The van der Waals surface area contributed by atoms with Crippen LogP contribution in [0.3, 0.4) is 0 Å². The van der Waals surface area contributed by atoms with Gasteiger partial charge in [0.2, 0.25) is 5.91 Å². The quantitative estimate of drug-likeness (QED) is 0.439. The third-order valence-corrected chi connectivity index (χ3v) is 7.12. The van der Waals surface area contributed by atoms with Crippen molar-refractivity contribution in [2.45, 2.75) is 44.1 Å². The van der Waals surface area contributed by atoms with E-state index in [1.807, 2.05) is 24.3 Å². The van der Waals surface area contributed by atoms with Crippen LogP contribution in [0.5, 0.6) is 0 Å². The first-order chi connectivity index (χ1) is 17.0. The number of hydrogen-bond donors (Lipinski definition) is 3. The van der Waals surface area contributed by atoms with E-state index in [1.165, 1.54) is 11.1 Å². The SMILES string of the molecule is C=CCCC(NC(=O)[C@H]1CCC[C@H]1CNC(=O)OCC1c2ccccc2-c2ccccc21)C(=O)O. The lowest BCUT2D eigenvalue weighted by molar-refractivity contribution is -0.142. The van der Waals surface area contributed by atoms with Crippen LogP contribution in [0.1, 0.15) is 49.1 Å². The molecule has 0 heterocycles. The Labute approximate surface area is 205 Å². The summed E-state index contributed by atoms with van der Waals surface area (Å²) in [6.45, 7) is 4.16. The van der Waals surface area contributed by atoms with Gasteiger partial charge < -0.3 is 20.5 Å². The maximum Gasteiger partial charge on any atom is 0.407 e. The number of aliphatic carboxylic acids is 1. The van der Waals surface area contributed by atoms with Crippen molar-refractivity contribution in [1.82, 2.24) is 10.6 Å². The van der Waals surface area contributed by atoms with Gasteiger partial charge in [-0.2, -0.15) is 0 Å². The fourth-order valence-corrected chi connectivity index (χ4v) is 5.31. The van der Waals surface area contributed by atoms with E-state index in [0.717, 1.165) is 24.0 Å². The van der Waals surface area contributed by atoms with Crippen LogP contribution in [0.2, 0.25) is 0 Å². The lowest BCUT2D eigenvalue weighted by Gasteiger charge is -2.22. The van der Waals surface area contributed by atoms with Crippen molar-refractivity contribution in [2.24, 2.45) is 11.8 Å². The number of amides is 2. The summed E-state index contributed by atoms with van der Waals surface area (Å²) in [7, 11) is 0. The topological polar surface area (TPSA) is 105 Å². The van der Waals surface area contributed by atoms with E-state index in [0.29, 0.717) is 25.8 Å². The Morgan fingerprint density at radius 1 is 1.06 bits per heavy atom. The molecular formula is C28H32N2O5. The average Bonchev–Trinajstić information content (AvgIpc) is 3.46. The van der Waals surface area contributed by atoms with Crippen LogP contribution in [0.15, 0.2) is 61.2 Å². The second kappa shape index (κ2) is 11.2. The van der Waals surface area contributed by atoms with Crippen molar-refractivity contribution in [3.63, 3.8) is 0 Å². The van der Waals surface area contributed by atoms with Crippen molar-refractivity contribution in [2.75, 3.05) is 13.2 Å². The zero-order valence-corrected chi connectivity index (χ0v) is 19.7. The molecule has 0 aliphatic heterocycles. The fourth-order valence-electron chi connectivity index (χ4n) is 5.31. The van der Waals surface area contributed by atoms with Crippen molar-refractivity contribution >= 4 is 18.0 Å². The Kier molecular flexibility index (Phi) is 7.85. The number of carbonyl (C=O) groups is 3. The first kappa shape index (κ1) is 24.5. The predicted molar refractivity (Wildman–Crippen MR) is 133 cm³/mol. The second-order valence-corrected chi connectivity index (χ2v) is 9.27. The molecule has 35 heavy (non-hydrogen) atoms. The third-order valence-electron chi connectivity index (χ3n) is 7.12. The highest BCUT2D eigenvalue weighted by Crippen LogP contribution is 2.44. The summed E-state index contributed by atoms with van der Waals surface area (Å²) in [4.78, 5) is 36.8. The molecule has 2 aliphatic carbocycles. The molecule has 3 N–H and O–H groups in total. The van der Waals surface area contributed by atoms with Gasteiger partial charge in [0.15, 0.2) is 0 Å². The van der Waals surface area contributed by atoms with Gasteiger partial charge in [-0.1, -0.05) is 61.0 Å². The molecular weight excluding hydrogens is 444 g/mol. The number of ether oxygens (including phenoxy) is 1. The minimum Gasteiger partial charge on any atom is -0.480 e. The summed E-state index contributed by atoms with van der Waals surface area (Å²) in [6.07, 6.45) is 4.28. The molecule has 2 aromatic rings. The Morgan fingerprint density at radius 3 is 2.34 bits per heavy atom. The van der Waals surface area contributed by atoms with Crippen molar-refractivity contribution in [3.8, 4) is 11.1 Å². The maximum atomic E-state index is 12.8. The van der Waals surface area contributed by atoms with Crippen LogP contribution in [0, 0.1) is 11.8 Å². The van der Waals surface area contributed by atoms with Gasteiger partial charge in [-0.3, -0.25) is 4.79 Å². The van der Waals surface area contributed by atoms with Crippen LogP contribution in [-0.2, 0) is 14.3 Å². The molecule has 0 spiro atoms. The van der Waals surface area contributed by atoms with Crippen molar-refractivity contribution < 1.29 is 24.2 Å². The van der Waals surface area contributed by atoms with Gasteiger partial charge in [0.1, 0.15) is 12.6 Å². The summed E-state index contributed by atoms with van der Waals surface area (Å²) < 4.78 is 5.60. The zero-order valence-electron chi connectivity index (χ0n) is 19.7. The van der Waals surface area contributed by atoms with E-state index in [4.69, 9.17) is 4.74 Å². The van der Waals surface area contributed by atoms with Crippen LogP contribution < -0.4 is 10.6 Å². The highest BCUT2D eigenvalue weighted by atomic mass is 16.5. The summed E-state index contributed by atoms with van der Waals surface area (Å²) in [6, 6.07) is 15.4.